The number of carbonyl (C=O) groups is 1. The van der Waals surface area contributed by atoms with Gasteiger partial charge < -0.3 is 11.1 Å². The number of nitrogens with one attached hydrogen (secondary N) is 1. The van der Waals surface area contributed by atoms with Crippen molar-refractivity contribution in [2.45, 2.75) is 32.2 Å². The summed E-state index contributed by atoms with van der Waals surface area (Å²) < 4.78 is 13.3. The molecule has 98 valence electrons. The summed E-state index contributed by atoms with van der Waals surface area (Å²) in [5, 5.41) is 2.85. The minimum atomic E-state index is -0.342. The highest BCUT2D eigenvalue weighted by atomic mass is 19.1. The summed E-state index contributed by atoms with van der Waals surface area (Å²) in [4.78, 5) is 11.8. The first-order valence-electron chi connectivity index (χ1n) is 6.36. The van der Waals surface area contributed by atoms with Crippen molar-refractivity contribution in [1.82, 2.24) is 5.32 Å². The van der Waals surface area contributed by atoms with Crippen LogP contribution in [0.3, 0.4) is 0 Å². The summed E-state index contributed by atoms with van der Waals surface area (Å²) in [5.41, 5.74) is 6.74. The first-order valence-corrected chi connectivity index (χ1v) is 6.36. The van der Waals surface area contributed by atoms with Crippen molar-refractivity contribution in [3.05, 3.63) is 35.1 Å². The van der Waals surface area contributed by atoms with E-state index in [-0.39, 0.29) is 17.8 Å². The maximum atomic E-state index is 13.3. The van der Waals surface area contributed by atoms with Crippen molar-refractivity contribution >= 4 is 5.91 Å². The Kier molecular flexibility index (Phi) is 3.97. The number of amides is 1. The molecule has 18 heavy (non-hydrogen) atoms. The number of halogens is 1. The molecule has 1 aliphatic rings. The molecule has 0 heterocycles. The van der Waals surface area contributed by atoms with Gasteiger partial charge in [-0.3, -0.25) is 4.79 Å². The highest BCUT2D eigenvalue weighted by molar-refractivity contribution is 5.94. The standard InChI is InChI=1S/C14H19FN2O/c1-9-2-4-11(7-13(9)15)14(18)17-8-10-3-5-12(16)6-10/h2,4,7,10,12H,3,5-6,8,16H2,1H3,(H,17,18). The fourth-order valence-corrected chi connectivity index (χ4v) is 2.37. The zero-order chi connectivity index (χ0) is 13.1. The predicted molar refractivity (Wildman–Crippen MR) is 68.8 cm³/mol. The summed E-state index contributed by atoms with van der Waals surface area (Å²) >= 11 is 0. The lowest BCUT2D eigenvalue weighted by Gasteiger charge is -2.11. The molecule has 0 radical (unpaired) electrons. The zero-order valence-corrected chi connectivity index (χ0v) is 10.6. The summed E-state index contributed by atoms with van der Waals surface area (Å²) in [5.74, 6) is -0.0980. The topological polar surface area (TPSA) is 55.1 Å². The Morgan fingerprint density at radius 3 is 2.89 bits per heavy atom. The monoisotopic (exact) mass is 250 g/mol. The van der Waals surface area contributed by atoms with Crippen LogP contribution in [0, 0.1) is 18.7 Å². The van der Waals surface area contributed by atoms with Crippen LogP contribution in [0.5, 0.6) is 0 Å². The Balaban J connectivity index is 1.89. The number of rotatable bonds is 3. The molecule has 2 atom stereocenters. The lowest BCUT2D eigenvalue weighted by Crippen LogP contribution is -2.29. The van der Waals surface area contributed by atoms with Gasteiger partial charge in [0.2, 0.25) is 0 Å². The van der Waals surface area contributed by atoms with Gasteiger partial charge in [-0.05, 0) is 49.8 Å². The second kappa shape index (κ2) is 5.48. The fraction of sp³-hybridized carbons (Fsp3) is 0.500. The molecule has 1 fully saturated rings. The van der Waals surface area contributed by atoms with Gasteiger partial charge in [0, 0.05) is 18.2 Å². The molecule has 0 aliphatic heterocycles. The van der Waals surface area contributed by atoms with E-state index >= 15 is 0 Å². The number of nitrogens with two attached hydrogens (primary N) is 1. The largest absolute Gasteiger partial charge is 0.352 e. The van der Waals surface area contributed by atoms with Crippen molar-refractivity contribution < 1.29 is 9.18 Å². The van der Waals surface area contributed by atoms with Gasteiger partial charge in [0.05, 0.1) is 0 Å². The molecular formula is C14H19FN2O. The molecule has 3 N–H and O–H groups in total. The predicted octanol–water partition coefficient (Wildman–Crippen LogP) is 1.99. The van der Waals surface area contributed by atoms with Crippen LogP contribution in [-0.2, 0) is 0 Å². The van der Waals surface area contributed by atoms with Crippen molar-refractivity contribution in [2.24, 2.45) is 11.7 Å². The molecule has 1 aromatic rings. The summed E-state index contributed by atoms with van der Waals surface area (Å²) in [6.45, 7) is 2.30. The molecule has 0 spiro atoms. The summed E-state index contributed by atoms with van der Waals surface area (Å²) in [6.07, 6.45) is 3.05. The molecule has 0 aromatic heterocycles. The minimum absolute atomic E-state index is 0.214. The van der Waals surface area contributed by atoms with E-state index in [4.69, 9.17) is 5.73 Å². The van der Waals surface area contributed by atoms with Crippen molar-refractivity contribution in [2.75, 3.05) is 6.54 Å². The van der Waals surface area contributed by atoms with Gasteiger partial charge in [-0.15, -0.1) is 0 Å². The molecule has 1 amide bonds. The number of hydrogen-bond acceptors (Lipinski definition) is 2. The lowest BCUT2D eigenvalue weighted by atomic mass is 10.1. The van der Waals surface area contributed by atoms with E-state index in [1.807, 2.05) is 0 Å². The molecule has 0 bridgehead atoms. The first kappa shape index (κ1) is 13.0. The van der Waals surface area contributed by atoms with Crippen molar-refractivity contribution in [1.29, 1.82) is 0 Å². The Labute approximate surface area is 107 Å². The van der Waals surface area contributed by atoms with Crippen LogP contribution in [0.1, 0.15) is 35.2 Å². The maximum absolute atomic E-state index is 13.3. The molecule has 2 unspecified atom stereocenters. The van der Waals surface area contributed by atoms with Gasteiger partial charge in [-0.25, -0.2) is 4.39 Å². The Morgan fingerprint density at radius 2 is 2.28 bits per heavy atom. The maximum Gasteiger partial charge on any atom is 0.251 e. The van der Waals surface area contributed by atoms with Gasteiger partial charge in [-0.2, -0.15) is 0 Å². The zero-order valence-electron chi connectivity index (χ0n) is 10.6. The average molecular weight is 250 g/mol. The Bertz CT molecular complexity index is 447. The first-order chi connectivity index (χ1) is 8.56. The van der Waals surface area contributed by atoms with Crippen LogP contribution in [-0.4, -0.2) is 18.5 Å². The summed E-state index contributed by atoms with van der Waals surface area (Å²) in [7, 11) is 0. The van der Waals surface area contributed by atoms with Gasteiger partial charge in [0.1, 0.15) is 5.82 Å². The van der Waals surface area contributed by atoms with Crippen molar-refractivity contribution in [3.8, 4) is 0 Å². The third-order valence-electron chi connectivity index (χ3n) is 3.57. The van der Waals surface area contributed by atoms with E-state index in [1.165, 1.54) is 6.07 Å². The van der Waals surface area contributed by atoms with Crippen LogP contribution in [0.25, 0.3) is 0 Å². The van der Waals surface area contributed by atoms with Crippen LogP contribution in [0.2, 0.25) is 0 Å². The molecule has 1 saturated carbocycles. The summed E-state index contributed by atoms with van der Waals surface area (Å²) in [6, 6.07) is 4.82. The molecule has 3 nitrogen and oxygen atoms in total. The van der Waals surface area contributed by atoms with E-state index in [2.05, 4.69) is 5.32 Å². The van der Waals surface area contributed by atoms with E-state index in [9.17, 15) is 9.18 Å². The molecule has 4 heteroatoms. The number of carbonyl (C=O) groups excluding carboxylic acids is 1. The van der Waals surface area contributed by atoms with E-state index in [1.54, 1.807) is 19.1 Å². The molecule has 2 rings (SSSR count). The van der Waals surface area contributed by atoms with E-state index < -0.39 is 0 Å². The van der Waals surface area contributed by atoms with Gasteiger partial charge >= 0.3 is 0 Å². The van der Waals surface area contributed by atoms with E-state index in [0.29, 0.717) is 23.6 Å². The SMILES string of the molecule is Cc1ccc(C(=O)NCC2CCC(N)C2)cc1F. The third kappa shape index (κ3) is 3.07. The van der Waals surface area contributed by atoms with Crippen LogP contribution in [0.15, 0.2) is 18.2 Å². The number of aryl methyl sites for hydroxylation is 1. The Morgan fingerprint density at radius 1 is 1.50 bits per heavy atom. The highest BCUT2D eigenvalue weighted by Crippen LogP contribution is 2.23. The smallest absolute Gasteiger partial charge is 0.251 e. The van der Waals surface area contributed by atoms with Gasteiger partial charge in [0.25, 0.3) is 5.91 Å². The Hall–Kier alpha value is -1.42. The highest BCUT2D eigenvalue weighted by Gasteiger charge is 2.22. The molecule has 1 aliphatic carbocycles. The van der Waals surface area contributed by atoms with Gasteiger partial charge in [-0.1, -0.05) is 6.07 Å². The second-order valence-corrected chi connectivity index (χ2v) is 5.11. The van der Waals surface area contributed by atoms with Gasteiger partial charge in [0.15, 0.2) is 0 Å². The molecular weight excluding hydrogens is 231 g/mol. The fourth-order valence-electron chi connectivity index (χ4n) is 2.37. The van der Waals surface area contributed by atoms with E-state index in [0.717, 1.165) is 19.3 Å². The number of benzene rings is 1. The van der Waals surface area contributed by atoms with Crippen LogP contribution < -0.4 is 11.1 Å². The van der Waals surface area contributed by atoms with Crippen LogP contribution in [0.4, 0.5) is 4.39 Å². The van der Waals surface area contributed by atoms with Crippen LogP contribution >= 0.6 is 0 Å². The second-order valence-electron chi connectivity index (χ2n) is 5.11. The minimum Gasteiger partial charge on any atom is -0.352 e. The molecule has 1 aromatic carbocycles. The third-order valence-corrected chi connectivity index (χ3v) is 3.57. The number of hydrogen-bond donors (Lipinski definition) is 2. The molecule has 0 saturated heterocycles. The lowest BCUT2D eigenvalue weighted by molar-refractivity contribution is 0.0947. The normalized spacial score (nSPS) is 23.1. The van der Waals surface area contributed by atoms with Crippen molar-refractivity contribution in [3.63, 3.8) is 0 Å². The average Bonchev–Trinajstić information content (AvgIpc) is 2.75. The quantitative estimate of drug-likeness (QED) is 0.862.